The van der Waals surface area contributed by atoms with Crippen LogP contribution in [0.4, 0.5) is 0 Å². The van der Waals surface area contributed by atoms with Crippen molar-refractivity contribution in [1.82, 2.24) is 4.31 Å². The Bertz CT molecular complexity index is 574. The standard InChI is InChI=1S/C14H20BrNO3S/c1-2-3-11-6-7-16(9-11)20(18,19)14-5-4-12(10-17)8-13(14)15/h4-5,8,11,17H,2-3,6-7,9-10H2,1H3. The summed E-state index contributed by atoms with van der Waals surface area (Å²) in [5.41, 5.74) is 0.695. The van der Waals surface area contributed by atoms with Gasteiger partial charge in [0.2, 0.25) is 10.0 Å². The smallest absolute Gasteiger partial charge is 0.244 e. The molecule has 0 spiro atoms. The lowest BCUT2D eigenvalue weighted by atomic mass is 10.0. The molecule has 0 saturated carbocycles. The van der Waals surface area contributed by atoms with Gasteiger partial charge < -0.3 is 5.11 Å². The average molecular weight is 362 g/mol. The maximum Gasteiger partial charge on any atom is 0.244 e. The third-order valence-electron chi connectivity index (χ3n) is 3.74. The molecule has 112 valence electrons. The fourth-order valence-corrected chi connectivity index (χ4v) is 5.27. The van der Waals surface area contributed by atoms with Gasteiger partial charge in [-0.05, 0) is 52.4 Å². The molecule has 20 heavy (non-hydrogen) atoms. The number of aliphatic hydroxyl groups excluding tert-OH is 1. The van der Waals surface area contributed by atoms with Gasteiger partial charge in [-0.15, -0.1) is 0 Å². The van der Waals surface area contributed by atoms with Crippen LogP contribution in [0.3, 0.4) is 0 Å². The van der Waals surface area contributed by atoms with Crippen molar-refractivity contribution in [2.24, 2.45) is 5.92 Å². The monoisotopic (exact) mass is 361 g/mol. The third-order valence-corrected chi connectivity index (χ3v) is 6.58. The van der Waals surface area contributed by atoms with Crippen LogP contribution in [-0.4, -0.2) is 30.9 Å². The van der Waals surface area contributed by atoms with Crippen molar-refractivity contribution < 1.29 is 13.5 Å². The van der Waals surface area contributed by atoms with Gasteiger partial charge in [0.1, 0.15) is 0 Å². The van der Waals surface area contributed by atoms with E-state index < -0.39 is 10.0 Å². The molecular weight excluding hydrogens is 342 g/mol. The van der Waals surface area contributed by atoms with E-state index in [2.05, 4.69) is 22.9 Å². The van der Waals surface area contributed by atoms with Crippen LogP contribution in [0.1, 0.15) is 31.7 Å². The zero-order valence-corrected chi connectivity index (χ0v) is 14.0. The summed E-state index contributed by atoms with van der Waals surface area (Å²) in [6.45, 7) is 3.24. The van der Waals surface area contributed by atoms with Crippen LogP contribution >= 0.6 is 15.9 Å². The predicted molar refractivity (Wildman–Crippen MR) is 81.8 cm³/mol. The summed E-state index contributed by atoms with van der Waals surface area (Å²) < 4.78 is 27.4. The van der Waals surface area contributed by atoms with Gasteiger partial charge in [-0.25, -0.2) is 8.42 Å². The van der Waals surface area contributed by atoms with Crippen LogP contribution in [-0.2, 0) is 16.6 Å². The van der Waals surface area contributed by atoms with E-state index in [0.29, 0.717) is 29.0 Å². The van der Waals surface area contributed by atoms with E-state index in [-0.39, 0.29) is 11.5 Å². The maximum atomic E-state index is 12.6. The summed E-state index contributed by atoms with van der Waals surface area (Å²) >= 11 is 3.30. The normalized spacial score (nSPS) is 20.4. The highest BCUT2D eigenvalue weighted by Crippen LogP contribution is 2.31. The summed E-state index contributed by atoms with van der Waals surface area (Å²) in [4.78, 5) is 0.284. The van der Waals surface area contributed by atoms with Crippen LogP contribution in [0, 0.1) is 5.92 Å². The van der Waals surface area contributed by atoms with Crippen LogP contribution in [0.15, 0.2) is 27.6 Å². The van der Waals surface area contributed by atoms with Crippen molar-refractivity contribution in [2.45, 2.75) is 37.7 Å². The lowest BCUT2D eigenvalue weighted by Gasteiger charge is -2.18. The van der Waals surface area contributed by atoms with Crippen molar-refractivity contribution in [3.05, 3.63) is 28.2 Å². The number of halogens is 1. The second-order valence-corrected chi connectivity index (χ2v) is 7.99. The minimum absolute atomic E-state index is 0.0960. The van der Waals surface area contributed by atoms with Gasteiger partial charge >= 0.3 is 0 Å². The maximum absolute atomic E-state index is 12.6. The van der Waals surface area contributed by atoms with Gasteiger partial charge in [0.15, 0.2) is 0 Å². The molecule has 6 heteroatoms. The highest BCUT2D eigenvalue weighted by molar-refractivity contribution is 9.10. The number of benzene rings is 1. The van der Waals surface area contributed by atoms with Gasteiger partial charge in [-0.2, -0.15) is 4.31 Å². The first-order chi connectivity index (χ1) is 9.48. The molecule has 0 amide bonds. The van der Waals surface area contributed by atoms with Gasteiger partial charge in [0, 0.05) is 17.6 Å². The third kappa shape index (κ3) is 3.24. The van der Waals surface area contributed by atoms with E-state index in [1.807, 2.05) is 0 Å². The molecule has 0 bridgehead atoms. The topological polar surface area (TPSA) is 57.6 Å². The van der Waals surface area contributed by atoms with Gasteiger partial charge in [0.25, 0.3) is 0 Å². The Morgan fingerprint density at radius 2 is 2.20 bits per heavy atom. The zero-order chi connectivity index (χ0) is 14.8. The Kier molecular flexibility index (Phi) is 5.23. The Balaban J connectivity index is 2.23. The average Bonchev–Trinajstić information content (AvgIpc) is 2.88. The molecule has 1 N–H and O–H groups in total. The van der Waals surface area contributed by atoms with Gasteiger partial charge in [0.05, 0.1) is 11.5 Å². The fourth-order valence-electron chi connectivity index (χ4n) is 2.65. The van der Waals surface area contributed by atoms with Crippen molar-refractivity contribution in [3.63, 3.8) is 0 Å². The number of hydrogen-bond acceptors (Lipinski definition) is 3. The summed E-state index contributed by atoms with van der Waals surface area (Å²) in [5, 5.41) is 9.08. The number of rotatable bonds is 5. The van der Waals surface area contributed by atoms with Crippen LogP contribution in [0.2, 0.25) is 0 Å². The Labute approximate surface area is 129 Å². The molecule has 1 aromatic carbocycles. The van der Waals surface area contributed by atoms with Crippen LogP contribution in [0.5, 0.6) is 0 Å². The largest absolute Gasteiger partial charge is 0.392 e. The Hall–Kier alpha value is -0.430. The first kappa shape index (κ1) is 15.9. The lowest BCUT2D eigenvalue weighted by Crippen LogP contribution is -2.29. The molecule has 1 heterocycles. The number of sulfonamides is 1. The Morgan fingerprint density at radius 3 is 2.80 bits per heavy atom. The fraction of sp³-hybridized carbons (Fsp3) is 0.571. The van der Waals surface area contributed by atoms with Crippen LogP contribution in [0.25, 0.3) is 0 Å². The highest BCUT2D eigenvalue weighted by atomic mass is 79.9. The Morgan fingerprint density at radius 1 is 1.45 bits per heavy atom. The highest BCUT2D eigenvalue weighted by Gasteiger charge is 2.33. The van der Waals surface area contributed by atoms with Crippen molar-refractivity contribution in [3.8, 4) is 0 Å². The molecule has 0 radical (unpaired) electrons. The molecule has 4 nitrogen and oxygen atoms in total. The summed E-state index contributed by atoms with van der Waals surface area (Å²) in [7, 11) is -3.44. The second kappa shape index (κ2) is 6.56. The molecule has 2 rings (SSSR count). The van der Waals surface area contributed by atoms with E-state index in [0.717, 1.165) is 19.3 Å². The molecule has 1 aliphatic heterocycles. The molecular formula is C14H20BrNO3S. The number of hydrogen-bond donors (Lipinski definition) is 1. The van der Waals surface area contributed by atoms with E-state index in [4.69, 9.17) is 5.11 Å². The van der Waals surface area contributed by atoms with E-state index in [1.165, 1.54) is 0 Å². The molecule has 1 aromatic rings. The van der Waals surface area contributed by atoms with Gasteiger partial charge in [-0.3, -0.25) is 0 Å². The molecule has 1 unspecified atom stereocenters. The van der Waals surface area contributed by atoms with Gasteiger partial charge in [-0.1, -0.05) is 19.4 Å². The summed E-state index contributed by atoms with van der Waals surface area (Å²) in [6, 6.07) is 4.88. The summed E-state index contributed by atoms with van der Waals surface area (Å²) in [5.74, 6) is 0.477. The predicted octanol–water partition coefficient (Wildman–Crippen LogP) is 2.75. The molecule has 1 aliphatic rings. The quantitative estimate of drug-likeness (QED) is 0.876. The minimum Gasteiger partial charge on any atom is -0.392 e. The molecule has 1 atom stereocenters. The molecule has 1 saturated heterocycles. The minimum atomic E-state index is -3.44. The van der Waals surface area contributed by atoms with Crippen LogP contribution < -0.4 is 0 Å². The number of nitrogens with zero attached hydrogens (tertiary/aromatic N) is 1. The molecule has 0 aliphatic carbocycles. The lowest BCUT2D eigenvalue weighted by molar-refractivity contribution is 0.281. The SMILES string of the molecule is CCCC1CCN(S(=O)(=O)c2ccc(CO)cc2Br)C1. The zero-order valence-electron chi connectivity index (χ0n) is 11.5. The van der Waals surface area contributed by atoms with E-state index >= 15 is 0 Å². The van der Waals surface area contributed by atoms with E-state index in [9.17, 15) is 8.42 Å². The van der Waals surface area contributed by atoms with Crippen molar-refractivity contribution >= 4 is 26.0 Å². The first-order valence-corrected chi connectivity index (χ1v) is 9.11. The first-order valence-electron chi connectivity index (χ1n) is 6.88. The van der Waals surface area contributed by atoms with Crippen molar-refractivity contribution in [1.29, 1.82) is 0 Å². The van der Waals surface area contributed by atoms with Crippen molar-refractivity contribution in [2.75, 3.05) is 13.1 Å². The number of aliphatic hydroxyl groups is 1. The second-order valence-electron chi connectivity index (χ2n) is 5.23. The van der Waals surface area contributed by atoms with E-state index in [1.54, 1.807) is 22.5 Å². The molecule has 1 fully saturated rings. The summed E-state index contributed by atoms with van der Waals surface area (Å²) in [6.07, 6.45) is 3.11. The molecule has 0 aromatic heterocycles.